The van der Waals surface area contributed by atoms with Gasteiger partial charge in [0, 0.05) is 26.2 Å². The van der Waals surface area contributed by atoms with E-state index >= 15 is 0 Å². The molecule has 0 radical (unpaired) electrons. The smallest absolute Gasteiger partial charge is 0.194 e. The van der Waals surface area contributed by atoms with Crippen molar-refractivity contribution in [3.63, 3.8) is 0 Å². The van der Waals surface area contributed by atoms with E-state index in [2.05, 4.69) is 15.2 Å². The lowest BCUT2D eigenvalue weighted by atomic mass is 10.1. The third-order valence-electron chi connectivity index (χ3n) is 4.83. The minimum Gasteiger partial charge on any atom is -0.375 e. The van der Waals surface area contributed by atoms with Crippen molar-refractivity contribution in [2.45, 2.75) is 36.9 Å². The minimum atomic E-state index is -3.32. The van der Waals surface area contributed by atoms with Crippen LogP contribution in [-0.2, 0) is 19.3 Å². The summed E-state index contributed by atoms with van der Waals surface area (Å²) in [6, 6.07) is 8.53. The Labute approximate surface area is 184 Å². The lowest BCUT2D eigenvalue weighted by molar-refractivity contribution is -0.0816. The zero-order chi connectivity index (χ0) is 19.1. The molecule has 2 unspecified atom stereocenters. The third-order valence-corrected chi connectivity index (χ3v) is 6.54. The molecule has 0 aromatic heterocycles. The first-order chi connectivity index (χ1) is 13.1. The topological polar surface area (TPSA) is 80.2 Å². The number of nitrogens with one attached hydrogen (secondary N) is 1. The average molecular weight is 523 g/mol. The maximum atomic E-state index is 12.4. The molecule has 0 spiro atoms. The SMILES string of the molecule is CCNC(=NCCS(=O)(=O)c1ccccc1)N1CCOC(C2CCCO2)C1.I. The molecule has 2 atom stereocenters. The number of hydrogen-bond acceptors (Lipinski definition) is 5. The van der Waals surface area contributed by atoms with Crippen LogP contribution in [0.2, 0.25) is 0 Å². The van der Waals surface area contributed by atoms with Crippen molar-refractivity contribution in [1.82, 2.24) is 10.2 Å². The minimum absolute atomic E-state index is 0. The van der Waals surface area contributed by atoms with E-state index in [9.17, 15) is 8.42 Å². The van der Waals surface area contributed by atoms with Crippen LogP contribution in [0.4, 0.5) is 0 Å². The van der Waals surface area contributed by atoms with E-state index in [4.69, 9.17) is 9.47 Å². The Morgan fingerprint density at radius 3 is 2.64 bits per heavy atom. The summed E-state index contributed by atoms with van der Waals surface area (Å²) in [4.78, 5) is 7.05. The molecule has 2 saturated heterocycles. The van der Waals surface area contributed by atoms with Crippen LogP contribution in [-0.4, -0.2) is 76.6 Å². The van der Waals surface area contributed by atoms with E-state index in [1.165, 1.54) is 0 Å². The monoisotopic (exact) mass is 523 g/mol. The second kappa shape index (κ2) is 11.3. The van der Waals surface area contributed by atoms with E-state index in [-0.39, 0.29) is 48.5 Å². The van der Waals surface area contributed by atoms with Gasteiger partial charge in [-0.05, 0) is 31.9 Å². The third kappa shape index (κ3) is 6.30. The number of sulfone groups is 1. The highest BCUT2D eigenvalue weighted by Crippen LogP contribution is 2.21. The zero-order valence-electron chi connectivity index (χ0n) is 16.2. The van der Waals surface area contributed by atoms with Gasteiger partial charge in [-0.1, -0.05) is 18.2 Å². The highest BCUT2D eigenvalue weighted by atomic mass is 127. The number of aliphatic imine (C=N–C) groups is 1. The van der Waals surface area contributed by atoms with Crippen molar-refractivity contribution in [1.29, 1.82) is 0 Å². The number of nitrogens with zero attached hydrogens (tertiary/aromatic N) is 2. The Hall–Kier alpha value is -0.910. The fourth-order valence-electron chi connectivity index (χ4n) is 3.43. The molecule has 1 N–H and O–H groups in total. The first-order valence-electron chi connectivity index (χ1n) is 9.64. The van der Waals surface area contributed by atoms with Gasteiger partial charge in [0.05, 0.1) is 29.9 Å². The molecule has 2 fully saturated rings. The average Bonchev–Trinajstić information content (AvgIpc) is 3.23. The predicted molar refractivity (Wildman–Crippen MR) is 120 cm³/mol. The van der Waals surface area contributed by atoms with Gasteiger partial charge in [-0.25, -0.2) is 8.42 Å². The van der Waals surface area contributed by atoms with E-state index in [0.29, 0.717) is 18.0 Å². The number of hydrogen-bond donors (Lipinski definition) is 1. The molecule has 158 valence electrons. The second-order valence-electron chi connectivity index (χ2n) is 6.77. The Balaban J connectivity index is 0.00000280. The fourth-order valence-corrected chi connectivity index (χ4v) is 4.57. The van der Waals surface area contributed by atoms with E-state index in [1.807, 2.05) is 13.0 Å². The lowest BCUT2D eigenvalue weighted by Gasteiger charge is -2.37. The van der Waals surface area contributed by atoms with Gasteiger partial charge in [-0.15, -0.1) is 24.0 Å². The van der Waals surface area contributed by atoms with Gasteiger partial charge in [0.1, 0.15) is 6.10 Å². The molecular weight excluding hydrogens is 493 g/mol. The quantitative estimate of drug-likeness (QED) is 0.349. The van der Waals surface area contributed by atoms with Crippen LogP contribution in [0.1, 0.15) is 19.8 Å². The first-order valence-corrected chi connectivity index (χ1v) is 11.3. The molecule has 9 heteroatoms. The largest absolute Gasteiger partial charge is 0.375 e. The first kappa shape index (κ1) is 23.4. The maximum absolute atomic E-state index is 12.4. The molecule has 2 aliphatic heterocycles. The van der Waals surface area contributed by atoms with Crippen LogP contribution in [0.3, 0.4) is 0 Å². The van der Waals surface area contributed by atoms with Gasteiger partial charge in [-0.2, -0.15) is 0 Å². The number of morpholine rings is 1. The van der Waals surface area contributed by atoms with Crippen LogP contribution in [0.25, 0.3) is 0 Å². The molecule has 28 heavy (non-hydrogen) atoms. The summed E-state index contributed by atoms with van der Waals surface area (Å²) in [5.74, 6) is 0.734. The summed E-state index contributed by atoms with van der Waals surface area (Å²) in [7, 11) is -3.32. The van der Waals surface area contributed by atoms with Crippen LogP contribution in [0.15, 0.2) is 40.2 Å². The van der Waals surface area contributed by atoms with Crippen molar-refractivity contribution in [3.05, 3.63) is 30.3 Å². The number of benzene rings is 1. The molecule has 2 aliphatic rings. The van der Waals surface area contributed by atoms with Crippen LogP contribution >= 0.6 is 24.0 Å². The molecule has 3 rings (SSSR count). The van der Waals surface area contributed by atoms with Crippen molar-refractivity contribution in [3.8, 4) is 0 Å². The highest BCUT2D eigenvalue weighted by molar-refractivity contribution is 14.0. The fraction of sp³-hybridized carbons (Fsp3) is 0.632. The van der Waals surface area contributed by atoms with Gasteiger partial charge in [0.15, 0.2) is 15.8 Å². The molecule has 0 amide bonds. The van der Waals surface area contributed by atoms with E-state index in [0.717, 1.165) is 38.5 Å². The van der Waals surface area contributed by atoms with Gasteiger partial charge in [0.2, 0.25) is 0 Å². The highest BCUT2D eigenvalue weighted by Gasteiger charge is 2.32. The molecule has 1 aromatic carbocycles. The normalized spacial score (nSPS) is 23.3. The second-order valence-corrected chi connectivity index (χ2v) is 8.88. The molecular formula is C19H30IN3O4S. The van der Waals surface area contributed by atoms with Gasteiger partial charge < -0.3 is 19.7 Å². The zero-order valence-corrected chi connectivity index (χ0v) is 19.4. The summed E-state index contributed by atoms with van der Waals surface area (Å²) >= 11 is 0. The number of rotatable bonds is 6. The maximum Gasteiger partial charge on any atom is 0.194 e. The summed E-state index contributed by atoms with van der Waals surface area (Å²) in [6.07, 6.45) is 2.30. The Morgan fingerprint density at radius 2 is 1.96 bits per heavy atom. The van der Waals surface area contributed by atoms with Crippen molar-refractivity contribution in [2.75, 3.05) is 45.1 Å². The number of ether oxygens (including phenoxy) is 2. The summed E-state index contributed by atoms with van der Waals surface area (Å²) < 4.78 is 36.5. The standard InChI is InChI=1S/C19H29N3O4S.HI/c1-2-20-19(21-10-14-27(23,24)16-7-4-3-5-8-16)22-11-13-26-18(15-22)17-9-6-12-25-17;/h3-5,7-8,17-18H,2,6,9-15H2,1H3,(H,20,21);1H. The van der Waals surface area contributed by atoms with E-state index in [1.54, 1.807) is 24.3 Å². The van der Waals surface area contributed by atoms with Gasteiger partial charge >= 0.3 is 0 Å². The number of guanidine groups is 1. The number of halogens is 1. The Morgan fingerprint density at radius 1 is 1.21 bits per heavy atom. The molecule has 7 nitrogen and oxygen atoms in total. The Bertz CT molecular complexity index is 724. The summed E-state index contributed by atoms with van der Waals surface area (Å²) in [6.45, 7) is 5.83. The van der Waals surface area contributed by atoms with Crippen molar-refractivity contribution < 1.29 is 17.9 Å². The van der Waals surface area contributed by atoms with Crippen molar-refractivity contribution >= 4 is 39.8 Å². The molecule has 2 heterocycles. The summed E-state index contributed by atoms with van der Waals surface area (Å²) in [5.41, 5.74) is 0. The molecule has 0 bridgehead atoms. The summed E-state index contributed by atoms with van der Waals surface area (Å²) in [5, 5.41) is 3.27. The van der Waals surface area contributed by atoms with Crippen LogP contribution in [0.5, 0.6) is 0 Å². The van der Waals surface area contributed by atoms with Gasteiger partial charge in [-0.3, -0.25) is 4.99 Å². The molecule has 0 aliphatic carbocycles. The van der Waals surface area contributed by atoms with Crippen LogP contribution in [0, 0.1) is 0 Å². The van der Waals surface area contributed by atoms with Crippen LogP contribution < -0.4 is 5.32 Å². The van der Waals surface area contributed by atoms with Gasteiger partial charge in [0.25, 0.3) is 0 Å². The molecule has 0 saturated carbocycles. The molecule has 1 aromatic rings. The lowest BCUT2D eigenvalue weighted by Crippen LogP contribution is -2.53. The van der Waals surface area contributed by atoms with E-state index < -0.39 is 9.84 Å². The van der Waals surface area contributed by atoms with Crippen molar-refractivity contribution in [2.24, 2.45) is 4.99 Å². The Kier molecular flexibility index (Phi) is 9.45. The predicted octanol–water partition coefficient (Wildman–Crippen LogP) is 1.92.